The summed E-state index contributed by atoms with van der Waals surface area (Å²) in [6.07, 6.45) is 0.294. The number of amides is 1. The SMILES string of the molecule is CC(C)CC(=O)C1=C(O)C(=O)N(Cc2ccccc2)C1c1ccc(C(C)(C)C)cc1. The molecule has 30 heavy (non-hydrogen) atoms. The summed E-state index contributed by atoms with van der Waals surface area (Å²) in [6.45, 7) is 10.7. The number of nitrogens with zero attached hydrogens (tertiary/aromatic N) is 1. The van der Waals surface area contributed by atoms with Crippen LogP contribution in [0.2, 0.25) is 0 Å². The highest BCUT2D eigenvalue weighted by molar-refractivity contribution is 6.09. The minimum atomic E-state index is -0.585. The van der Waals surface area contributed by atoms with Gasteiger partial charge in [0.1, 0.15) is 0 Å². The lowest BCUT2D eigenvalue weighted by molar-refractivity contribution is -0.130. The number of rotatable bonds is 6. The first-order valence-corrected chi connectivity index (χ1v) is 10.5. The van der Waals surface area contributed by atoms with Crippen LogP contribution in [-0.4, -0.2) is 21.7 Å². The Bertz CT molecular complexity index is 950. The van der Waals surface area contributed by atoms with E-state index in [1.807, 2.05) is 68.4 Å². The van der Waals surface area contributed by atoms with Crippen molar-refractivity contribution in [3.8, 4) is 0 Å². The number of aliphatic hydroxyl groups excluding tert-OH is 1. The molecule has 2 aromatic carbocycles. The van der Waals surface area contributed by atoms with Crippen LogP contribution in [0.25, 0.3) is 0 Å². The Morgan fingerprint density at radius 1 is 1.03 bits per heavy atom. The Balaban J connectivity index is 2.04. The number of hydrogen-bond donors (Lipinski definition) is 1. The highest BCUT2D eigenvalue weighted by Crippen LogP contribution is 2.40. The van der Waals surface area contributed by atoms with E-state index in [2.05, 4.69) is 20.8 Å². The number of ketones is 1. The van der Waals surface area contributed by atoms with E-state index in [4.69, 9.17) is 0 Å². The van der Waals surface area contributed by atoms with Gasteiger partial charge in [-0.25, -0.2) is 0 Å². The van der Waals surface area contributed by atoms with Crippen molar-refractivity contribution in [1.82, 2.24) is 4.90 Å². The lowest BCUT2D eigenvalue weighted by Gasteiger charge is -2.28. The molecular formula is C26H31NO3. The maximum atomic E-state index is 13.0. The van der Waals surface area contributed by atoms with Crippen LogP contribution in [0.5, 0.6) is 0 Å². The number of carbonyl (C=O) groups excluding carboxylic acids is 2. The molecule has 0 saturated carbocycles. The van der Waals surface area contributed by atoms with Crippen molar-refractivity contribution >= 4 is 11.7 Å². The molecule has 4 heteroatoms. The largest absolute Gasteiger partial charge is 0.503 e. The molecule has 0 fully saturated rings. The van der Waals surface area contributed by atoms with Gasteiger partial charge >= 0.3 is 0 Å². The second-order valence-corrected chi connectivity index (χ2v) is 9.48. The van der Waals surface area contributed by atoms with Crippen molar-refractivity contribution in [2.75, 3.05) is 0 Å². The van der Waals surface area contributed by atoms with Gasteiger partial charge in [0.15, 0.2) is 11.5 Å². The van der Waals surface area contributed by atoms with Crippen LogP contribution in [-0.2, 0) is 21.5 Å². The predicted octanol–water partition coefficient (Wildman–Crippen LogP) is 5.49. The third kappa shape index (κ3) is 4.48. The van der Waals surface area contributed by atoms with Gasteiger partial charge in [0.25, 0.3) is 5.91 Å². The monoisotopic (exact) mass is 405 g/mol. The summed E-state index contributed by atoms with van der Waals surface area (Å²) < 4.78 is 0. The van der Waals surface area contributed by atoms with Gasteiger partial charge in [-0.15, -0.1) is 0 Å². The highest BCUT2D eigenvalue weighted by Gasteiger charge is 2.43. The van der Waals surface area contributed by atoms with E-state index in [9.17, 15) is 14.7 Å². The van der Waals surface area contributed by atoms with Crippen LogP contribution >= 0.6 is 0 Å². The summed E-state index contributed by atoms with van der Waals surface area (Å²) in [5, 5.41) is 10.7. The van der Waals surface area contributed by atoms with E-state index in [0.29, 0.717) is 13.0 Å². The fraction of sp³-hybridized carbons (Fsp3) is 0.385. The van der Waals surface area contributed by atoms with Crippen LogP contribution in [0, 0.1) is 5.92 Å². The van der Waals surface area contributed by atoms with Gasteiger partial charge in [0.2, 0.25) is 0 Å². The molecule has 1 heterocycles. The second-order valence-electron chi connectivity index (χ2n) is 9.48. The van der Waals surface area contributed by atoms with Crippen LogP contribution in [0.15, 0.2) is 65.9 Å². The van der Waals surface area contributed by atoms with Crippen LogP contribution in [0.4, 0.5) is 0 Å². The van der Waals surface area contributed by atoms with Crippen molar-refractivity contribution < 1.29 is 14.7 Å². The predicted molar refractivity (Wildman–Crippen MR) is 119 cm³/mol. The molecule has 1 aliphatic heterocycles. The molecule has 1 N–H and O–H groups in total. The van der Waals surface area contributed by atoms with Gasteiger partial charge in [0, 0.05) is 13.0 Å². The average molecular weight is 406 g/mol. The van der Waals surface area contributed by atoms with E-state index in [0.717, 1.165) is 11.1 Å². The lowest BCUT2D eigenvalue weighted by atomic mass is 9.85. The average Bonchev–Trinajstić information content (AvgIpc) is 2.93. The number of Topliss-reactive ketones (excluding diaryl/α,β-unsaturated/α-hetero) is 1. The maximum Gasteiger partial charge on any atom is 0.290 e. The van der Waals surface area contributed by atoms with Gasteiger partial charge in [-0.2, -0.15) is 0 Å². The fourth-order valence-corrected chi connectivity index (χ4v) is 3.87. The van der Waals surface area contributed by atoms with Gasteiger partial charge < -0.3 is 10.0 Å². The van der Waals surface area contributed by atoms with Gasteiger partial charge in [-0.1, -0.05) is 89.2 Å². The van der Waals surface area contributed by atoms with Crippen LogP contribution < -0.4 is 0 Å². The van der Waals surface area contributed by atoms with E-state index in [-0.39, 0.29) is 22.7 Å². The van der Waals surface area contributed by atoms with Gasteiger partial charge in [-0.3, -0.25) is 9.59 Å². The molecule has 0 radical (unpaired) electrons. The third-order valence-corrected chi connectivity index (χ3v) is 5.49. The van der Waals surface area contributed by atoms with Crippen molar-refractivity contribution in [3.63, 3.8) is 0 Å². The number of hydrogen-bond acceptors (Lipinski definition) is 3. The molecule has 2 aromatic rings. The highest BCUT2D eigenvalue weighted by atomic mass is 16.3. The molecule has 0 bridgehead atoms. The van der Waals surface area contributed by atoms with Crippen molar-refractivity contribution in [3.05, 3.63) is 82.6 Å². The van der Waals surface area contributed by atoms with Crippen LogP contribution in [0.1, 0.15) is 63.8 Å². The molecule has 0 aromatic heterocycles. The minimum Gasteiger partial charge on any atom is -0.503 e. The Kier molecular flexibility index (Phi) is 6.16. The molecule has 3 rings (SSSR count). The first kappa shape index (κ1) is 21.8. The molecule has 4 nitrogen and oxygen atoms in total. The molecule has 158 valence electrons. The fourth-order valence-electron chi connectivity index (χ4n) is 3.87. The summed E-state index contributed by atoms with van der Waals surface area (Å²) in [6, 6.07) is 17.1. The molecule has 0 spiro atoms. The topological polar surface area (TPSA) is 57.6 Å². The quantitative estimate of drug-likeness (QED) is 0.691. The summed E-state index contributed by atoms with van der Waals surface area (Å²) >= 11 is 0. The van der Waals surface area contributed by atoms with E-state index in [1.165, 1.54) is 5.56 Å². The number of carbonyl (C=O) groups is 2. The second kappa shape index (κ2) is 8.47. The molecule has 0 aliphatic carbocycles. The summed E-state index contributed by atoms with van der Waals surface area (Å²) in [4.78, 5) is 27.6. The molecule has 1 amide bonds. The maximum absolute atomic E-state index is 13.0. The normalized spacial score (nSPS) is 17.2. The van der Waals surface area contributed by atoms with Gasteiger partial charge in [-0.05, 0) is 28.0 Å². The van der Waals surface area contributed by atoms with Crippen molar-refractivity contribution in [2.24, 2.45) is 5.92 Å². The first-order chi connectivity index (χ1) is 14.1. The molecule has 1 unspecified atom stereocenters. The standard InChI is InChI=1S/C26H31NO3/c1-17(2)15-21(28)22-23(19-11-13-20(14-12-19)26(3,4)5)27(25(30)24(22)29)16-18-9-7-6-8-10-18/h6-14,17,23,29H,15-16H2,1-5H3. The van der Waals surface area contributed by atoms with E-state index in [1.54, 1.807) is 4.90 Å². The Morgan fingerprint density at radius 3 is 2.17 bits per heavy atom. The smallest absolute Gasteiger partial charge is 0.290 e. The van der Waals surface area contributed by atoms with E-state index < -0.39 is 17.7 Å². The number of aliphatic hydroxyl groups is 1. The molecular weight excluding hydrogens is 374 g/mol. The third-order valence-electron chi connectivity index (χ3n) is 5.49. The first-order valence-electron chi connectivity index (χ1n) is 10.5. The molecule has 1 atom stereocenters. The lowest BCUT2D eigenvalue weighted by Crippen LogP contribution is -2.30. The summed E-state index contributed by atoms with van der Waals surface area (Å²) in [7, 11) is 0. The van der Waals surface area contributed by atoms with E-state index >= 15 is 0 Å². The Labute approximate surface area is 179 Å². The van der Waals surface area contributed by atoms with Gasteiger partial charge in [0.05, 0.1) is 11.6 Å². The zero-order chi connectivity index (χ0) is 22.1. The van der Waals surface area contributed by atoms with Crippen molar-refractivity contribution in [1.29, 1.82) is 0 Å². The zero-order valence-corrected chi connectivity index (χ0v) is 18.5. The summed E-state index contributed by atoms with van der Waals surface area (Å²) in [5.74, 6) is -0.936. The Hall–Kier alpha value is -2.88. The molecule has 0 saturated heterocycles. The summed E-state index contributed by atoms with van der Waals surface area (Å²) in [5.41, 5.74) is 3.18. The molecule has 1 aliphatic rings. The number of benzene rings is 2. The van der Waals surface area contributed by atoms with Crippen LogP contribution in [0.3, 0.4) is 0 Å². The Morgan fingerprint density at radius 2 is 1.63 bits per heavy atom. The van der Waals surface area contributed by atoms with Crippen molar-refractivity contribution in [2.45, 2.75) is 59.0 Å². The minimum absolute atomic E-state index is 0.00201. The zero-order valence-electron chi connectivity index (χ0n) is 18.5.